The van der Waals surface area contributed by atoms with E-state index in [-0.39, 0.29) is 0 Å². The van der Waals surface area contributed by atoms with E-state index in [0.29, 0.717) is 0 Å². The van der Waals surface area contributed by atoms with Crippen LogP contribution < -0.4 is 18.3 Å². The maximum absolute atomic E-state index is 2.28. The first-order valence-electron chi connectivity index (χ1n) is 11.7. The predicted molar refractivity (Wildman–Crippen MR) is 125 cm³/mol. The molecule has 0 aromatic carbocycles. The van der Waals surface area contributed by atoms with E-state index in [9.17, 15) is 0 Å². The third-order valence-corrected chi connectivity index (χ3v) is 6.04. The summed E-state index contributed by atoms with van der Waals surface area (Å²) in [7, 11) is 0. The van der Waals surface area contributed by atoms with Crippen molar-refractivity contribution in [3.05, 3.63) is 98.1 Å². The van der Waals surface area contributed by atoms with Gasteiger partial charge in [0.15, 0.2) is 49.6 Å². The first-order valence-corrected chi connectivity index (χ1v) is 11.7. The van der Waals surface area contributed by atoms with E-state index in [4.69, 9.17) is 0 Å². The van der Waals surface area contributed by atoms with Crippen LogP contribution in [0, 0.1) is 0 Å². The lowest BCUT2D eigenvalue weighted by atomic mass is 10.1. The summed E-state index contributed by atoms with van der Waals surface area (Å²) in [6, 6.07) is 17.6. The summed E-state index contributed by atoms with van der Waals surface area (Å²) in [6.45, 7) is 8.41. The maximum atomic E-state index is 2.28. The van der Waals surface area contributed by atoms with Crippen LogP contribution in [0.5, 0.6) is 0 Å². The standard InChI is InChI=1S/C28H34N4/c1-3-29-17-7-25(8-18-29)27-11-21-31(22-12-27)15-5-6-16-32-23-13-28(14-24-32)26-9-19-30(4-2)20-10-26/h7-14,17-24H,3-6,15-16H2,1-2H3/q+4. The Labute approximate surface area is 191 Å². The van der Waals surface area contributed by atoms with Gasteiger partial charge in [0.05, 0.1) is 0 Å². The molecule has 0 saturated carbocycles. The Morgan fingerprint density at radius 1 is 0.406 bits per heavy atom. The van der Waals surface area contributed by atoms with Gasteiger partial charge in [0.25, 0.3) is 0 Å². The molecule has 0 fully saturated rings. The summed E-state index contributed by atoms with van der Waals surface area (Å²) in [5.41, 5.74) is 5.06. The zero-order valence-electron chi connectivity index (χ0n) is 19.3. The van der Waals surface area contributed by atoms with Crippen molar-refractivity contribution in [2.75, 3.05) is 0 Å². The van der Waals surface area contributed by atoms with Gasteiger partial charge in [-0.15, -0.1) is 0 Å². The molecule has 0 bridgehead atoms. The average Bonchev–Trinajstić information content (AvgIpc) is 2.87. The number of aryl methyl sites for hydroxylation is 4. The summed E-state index contributed by atoms with van der Waals surface area (Å²) in [5, 5.41) is 0. The Morgan fingerprint density at radius 2 is 0.656 bits per heavy atom. The van der Waals surface area contributed by atoms with Gasteiger partial charge in [0, 0.05) is 61.4 Å². The van der Waals surface area contributed by atoms with Gasteiger partial charge in [0.1, 0.15) is 26.2 Å². The van der Waals surface area contributed by atoms with Crippen molar-refractivity contribution in [2.24, 2.45) is 0 Å². The molecule has 0 spiro atoms. The van der Waals surface area contributed by atoms with Crippen LogP contribution in [0.25, 0.3) is 22.3 Å². The molecule has 4 nitrogen and oxygen atoms in total. The van der Waals surface area contributed by atoms with Crippen molar-refractivity contribution < 1.29 is 18.3 Å². The molecule has 162 valence electrons. The molecule has 4 rings (SSSR count). The van der Waals surface area contributed by atoms with Gasteiger partial charge >= 0.3 is 0 Å². The maximum Gasteiger partial charge on any atom is 0.169 e. The van der Waals surface area contributed by atoms with Crippen LogP contribution in [-0.2, 0) is 26.2 Å². The van der Waals surface area contributed by atoms with Crippen LogP contribution in [0.2, 0.25) is 0 Å². The van der Waals surface area contributed by atoms with E-state index in [0.717, 1.165) is 39.0 Å². The van der Waals surface area contributed by atoms with Crippen molar-refractivity contribution in [1.82, 2.24) is 0 Å². The fourth-order valence-electron chi connectivity index (χ4n) is 3.91. The lowest BCUT2D eigenvalue weighted by molar-refractivity contribution is -0.708. The predicted octanol–water partition coefficient (Wildman–Crippen LogP) is 3.69. The SMILES string of the molecule is CC[n+]1ccc(-c2cc[n+](CCCC[n+]3ccc(-c4cc[n+](CC)cc4)cc3)cc2)cc1. The number of hydrogen-bond donors (Lipinski definition) is 0. The normalized spacial score (nSPS) is 10.9. The van der Waals surface area contributed by atoms with Gasteiger partial charge < -0.3 is 0 Å². The summed E-state index contributed by atoms with van der Waals surface area (Å²) in [4.78, 5) is 0. The summed E-state index contributed by atoms with van der Waals surface area (Å²) >= 11 is 0. The van der Waals surface area contributed by atoms with Gasteiger partial charge in [-0.05, 0) is 36.1 Å². The summed E-state index contributed by atoms with van der Waals surface area (Å²) in [5.74, 6) is 0. The van der Waals surface area contributed by atoms with E-state index in [1.165, 1.54) is 22.3 Å². The number of unbranched alkanes of at least 4 members (excludes halogenated alkanes) is 1. The molecular formula is C28H34N4+4. The Kier molecular flexibility index (Phi) is 7.34. The number of nitrogens with zero attached hydrogens (tertiary/aromatic N) is 4. The topological polar surface area (TPSA) is 15.5 Å². The van der Waals surface area contributed by atoms with E-state index in [1.807, 2.05) is 0 Å². The second-order valence-electron chi connectivity index (χ2n) is 8.19. The third kappa shape index (κ3) is 5.64. The van der Waals surface area contributed by atoms with Crippen LogP contribution in [0.1, 0.15) is 26.7 Å². The molecule has 4 heterocycles. The fourth-order valence-corrected chi connectivity index (χ4v) is 3.91. The zero-order valence-corrected chi connectivity index (χ0v) is 19.3. The molecule has 0 aliphatic heterocycles. The molecule has 0 amide bonds. The molecule has 0 aliphatic rings. The Bertz CT molecular complexity index is 1010. The van der Waals surface area contributed by atoms with Crippen molar-refractivity contribution in [3.63, 3.8) is 0 Å². The average molecular weight is 427 g/mol. The lowest BCUT2D eigenvalue weighted by Crippen LogP contribution is -2.35. The van der Waals surface area contributed by atoms with E-state index < -0.39 is 0 Å². The molecule has 4 heteroatoms. The Hall–Kier alpha value is -3.40. The zero-order chi connectivity index (χ0) is 22.2. The highest BCUT2D eigenvalue weighted by Crippen LogP contribution is 2.16. The molecule has 0 unspecified atom stereocenters. The number of rotatable bonds is 9. The minimum absolute atomic E-state index is 1.00. The second-order valence-corrected chi connectivity index (χ2v) is 8.19. The van der Waals surface area contributed by atoms with Crippen molar-refractivity contribution in [1.29, 1.82) is 0 Å². The molecule has 0 radical (unpaired) electrons. The smallest absolute Gasteiger partial charge is 0.169 e. The van der Waals surface area contributed by atoms with Crippen LogP contribution in [0.4, 0.5) is 0 Å². The number of pyridine rings is 4. The summed E-state index contributed by atoms with van der Waals surface area (Å²) in [6.07, 6.45) is 19.7. The molecule has 0 saturated heterocycles. The third-order valence-electron chi connectivity index (χ3n) is 6.04. The van der Waals surface area contributed by atoms with Crippen molar-refractivity contribution >= 4 is 0 Å². The fraction of sp³-hybridized carbons (Fsp3) is 0.286. The van der Waals surface area contributed by atoms with E-state index in [2.05, 4.69) is 130 Å². The highest BCUT2D eigenvalue weighted by atomic mass is 14.9. The first kappa shape index (κ1) is 21.8. The monoisotopic (exact) mass is 426 g/mol. The largest absolute Gasteiger partial charge is 0.205 e. The number of hydrogen-bond acceptors (Lipinski definition) is 0. The highest BCUT2D eigenvalue weighted by Gasteiger charge is 2.08. The van der Waals surface area contributed by atoms with E-state index in [1.54, 1.807) is 0 Å². The van der Waals surface area contributed by atoms with Gasteiger partial charge in [-0.1, -0.05) is 0 Å². The van der Waals surface area contributed by atoms with Crippen LogP contribution in [-0.4, -0.2) is 0 Å². The Morgan fingerprint density at radius 3 is 0.906 bits per heavy atom. The lowest BCUT2D eigenvalue weighted by Gasteiger charge is -2.02. The molecule has 0 aliphatic carbocycles. The van der Waals surface area contributed by atoms with Crippen LogP contribution >= 0.6 is 0 Å². The number of aromatic nitrogens is 4. The molecule has 4 aromatic rings. The minimum Gasteiger partial charge on any atom is -0.205 e. The van der Waals surface area contributed by atoms with Crippen LogP contribution in [0.3, 0.4) is 0 Å². The molecule has 0 N–H and O–H groups in total. The molecule has 4 aromatic heterocycles. The van der Waals surface area contributed by atoms with E-state index >= 15 is 0 Å². The molecule has 0 atom stereocenters. The van der Waals surface area contributed by atoms with Crippen molar-refractivity contribution in [2.45, 2.75) is 52.9 Å². The second kappa shape index (κ2) is 10.8. The minimum atomic E-state index is 1.00. The van der Waals surface area contributed by atoms with Gasteiger partial charge in [-0.25, -0.2) is 18.3 Å². The molecular weight excluding hydrogens is 392 g/mol. The quantitative estimate of drug-likeness (QED) is 0.287. The first-order chi connectivity index (χ1) is 15.7. The van der Waals surface area contributed by atoms with Crippen LogP contribution in [0.15, 0.2) is 98.1 Å². The van der Waals surface area contributed by atoms with Gasteiger partial charge in [-0.2, -0.15) is 0 Å². The highest BCUT2D eigenvalue weighted by molar-refractivity contribution is 5.61. The van der Waals surface area contributed by atoms with Crippen molar-refractivity contribution in [3.8, 4) is 22.3 Å². The summed E-state index contributed by atoms with van der Waals surface area (Å²) < 4.78 is 8.93. The molecule has 32 heavy (non-hydrogen) atoms. The van der Waals surface area contributed by atoms with Gasteiger partial charge in [-0.3, -0.25) is 0 Å². The van der Waals surface area contributed by atoms with Gasteiger partial charge in [0.2, 0.25) is 0 Å². The Balaban J connectivity index is 1.24.